The fourth-order valence-electron chi connectivity index (χ4n) is 1.32. The number of sulfonamides is 1. The zero-order valence-electron chi connectivity index (χ0n) is 7.84. The van der Waals surface area contributed by atoms with Gasteiger partial charge in [-0.3, -0.25) is 4.99 Å². The van der Waals surface area contributed by atoms with E-state index in [4.69, 9.17) is 9.88 Å². The summed E-state index contributed by atoms with van der Waals surface area (Å²) in [5.41, 5.74) is 0. The van der Waals surface area contributed by atoms with Gasteiger partial charge in [0.2, 0.25) is 10.0 Å². The lowest BCUT2D eigenvalue weighted by molar-refractivity contribution is 0.0553. The molecule has 1 heterocycles. The van der Waals surface area contributed by atoms with Crippen LogP contribution in [0, 0.1) is 0 Å². The van der Waals surface area contributed by atoms with E-state index in [2.05, 4.69) is 4.99 Å². The number of rotatable bonds is 3. The van der Waals surface area contributed by atoms with E-state index in [1.54, 1.807) is 0 Å². The maximum atomic E-state index is 13.3. The summed E-state index contributed by atoms with van der Waals surface area (Å²) in [6, 6.07) is 0. The Bertz CT molecular complexity index is 414. The minimum atomic E-state index is -3.88. The average molecular weight is 234 g/mol. The molecule has 1 aliphatic heterocycles. The fraction of sp³-hybridized carbons (Fsp3) is 0.625. The Labute approximate surface area is 86.9 Å². The average Bonchev–Trinajstić information content (AvgIpc) is 2.90. The van der Waals surface area contributed by atoms with Gasteiger partial charge in [0.1, 0.15) is 17.2 Å². The van der Waals surface area contributed by atoms with Gasteiger partial charge in [-0.25, -0.2) is 17.9 Å². The number of hydrogen-bond donors (Lipinski definition) is 1. The molecule has 0 bridgehead atoms. The van der Waals surface area contributed by atoms with E-state index in [0.717, 1.165) is 25.3 Å². The van der Waals surface area contributed by atoms with Crippen molar-refractivity contribution >= 4 is 16.2 Å². The zero-order chi connectivity index (χ0) is 11.1. The summed E-state index contributed by atoms with van der Waals surface area (Å²) in [5.74, 6) is -0.691. The van der Waals surface area contributed by atoms with Crippen molar-refractivity contribution in [3.05, 3.63) is 12.0 Å². The van der Waals surface area contributed by atoms with Crippen LogP contribution in [0.3, 0.4) is 0 Å². The van der Waals surface area contributed by atoms with Crippen molar-refractivity contribution in [2.75, 3.05) is 0 Å². The SMILES string of the molecule is NS(=O)(=O)C1C=NC=C(F)C1OC1CC1. The summed E-state index contributed by atoms with van der Waals surface area (Å²) in [7, 11) is -3.88. The van der Waals surface area contributed by atoms with E-state index < -0.39 is 27.2 Å². The highest BCUT2D eigenvalue weighted by Crippen LogP contribution is 2.30. The highest BCUT2D eigenvalue weighted by Gasteiger charge is 2.39. The predicted molar refractivity (Wildman–Crippen MR) is 52.5 cm³/mol. The van der Waals surface area contributed by atoms with Gasteiger partial charge in [-0.05, 0) is 12.8 Å². The first-order chi connectivity index (χ1) is 6.98. The Balaban J connectivity index is 2.20. The molecule has 1 saturated carbocycles. The van der Waals surface area contributed by atoms with E-state index in [-0.39, 0.29) is 6.10 Å². The van der Waals surface area contributed by atoms with Crippen LogP contribution in [0.1, 0.15) is 12.8 Å². The van der Waals surface area contributed by atoms with Crippen LogP contribution in [0.4, 0.5) is 4.39 Å². The Morgan fingerprint density at radius 3 is 2.73 bits per heavy atom. The monoisotopic (exact) mass is 234 g/mol. The predicted octanol–water partition coefficient (Wildman–Crippen LogP) is 0.0864. The highest BCUT2D eigenvalue weighted by atomic mass is 32.2. The van der Waals surface area contributed by atoms with Gasteiger partial charge in [0, 0.05) is 6.21 Å². The van der Waals surface area contributed by atoms with Crippen LogP contribution < -0.4 is 5.14 Å². The lowest BCUT2D eigenvalue weighted by Gasteiger charge is -2.23. The number of hydrogen-bond acceptors (Lipinski definition) is 4. The molecule has 0 aromatic carbocycles. The number of nitrogens with two attached hydrogens (primary N) is 1. The number of primary sulfonamides is 1. The molecule has 0 saturated heterocycles. The normalized spacial score (nSPS) is 31.5. The van der Waals surface area contributed by atoms with Gasteiger partial charge in [-0.1, -0.05) is 0 Å². The van der Waals surface area contributed by atoms with E-state index >= 15 is 0 Å². The molecule has 2 atom stereocenters. The summed E-state index contributed by atoms with van der Waals surface area (Å²) in [5, 5.41) is 3.75. The van der Waals surface area contributed by atoms with Gasteiger partial charge >= 0.3 is 0 Å². The molecule has 0 radical (unpaired) electrons. The molecule has 0 amide bonds. The second-order valence-corrected chi connectivity index (χ2v) is 5.34. The van der Waals surface area contributed by atoms with Crippen LogP contribution in [-0.4, -0.2) is 32.1 Å². The summed E-state index contributed by atoms with van der Waals surface area (Å²) >= 11 is 0. The van der Waals surface area contributed by atoms with Gasteiger partial charge in [0.05, 0.1) is 12.3 Å². The lowest BCUT2D eigenvalue weighted by Crippen LogP contribution is -2.43. The molecule has 7 heteroatoms. The third-order valence-electron chi connectivity index (χ3n) is 2.24. The Hall–Kier alpha value is -0.790. The highest BCUT2D eigenvalue weighted by molar-refractivity contribution is 7.90. The van der Waals surface area contributed by atoms with Crippen LogP contribution >= 0.6 is 0 Å². The van der Waals surface area contributed by atoms with Crippen LogP contribution in [-0.2, 0) is 14.8 Å². The molecular weight excluding hydrogens is 223 g/mol. The van der Waals surface area contributed by atoms with Gasteiger partial charge in [0.25, 0.3) is 0 Å². The number of nitrogens with zero attached hydrogens (tertiary/aromatic N) is 1. The first kappa shape index (κ1) is 10.7. The Kier molecular flexibility index (Phi) is 2.61. The van der Waals surface area contributed by atoms with Crippen molar-refractivity contribution in [1.29, 1.82) is 0 Å². The minimum Gasteiger partial charge on any atom is -0.366 e. The Morgan fingerprint density at radius 1 is 1.53 bits per heavy atom. The molecule has 5 nitrogen and oxygen atoms in total. The maximum absolute atomic E-state index is 13.3. The first-order valence-electron chi connectivity index (χ1n) is 4.54. The lowest BCUT2D eigenvalue weighted by atomic mass is 10.2. The van der Waals surface area contributed by atoms with E-state index in [1.165, 1.54) is 0 Å². The zero-order valence-corrected chi connectivity index (χ0v) is 8.65. The molecule has 1 aliphatic carbocycles. The molecule has 2 aliphatic rings. The summed E-state index contributed by atoms with van der Waals surface area (Å²) in [6.07, 6.45) is 2.53. The molecule has 1 fully saturated rings. The van der Waals surface area contributed by atoms with E-state index in [0.29, 0.717) is 0 Å². The van der Waals surface area contributed by atoms with Crippen LogP contribution in [0.2, 0.25) is 0 Å². The second-order valence-electron chi connectivity index (χ2n) is 3.62. The van der Waals surface area contributed by atoms with Gasteiger partial charge < -0.3 is 4.74 Å². The molecule has 2 rings (SSSR count). The molecule has 2 unspecified atom stereocenters. The number of aliphatic imine (C=N–C) groups is 1. The van der Waals surface area contributed by atoms with Crippen molar-refractivity contribution in [3.63, 3.8) is 0 Å². The van der Waals surface area contributed by atoms with Crippen molar-refractivity contribution in [1.82, 2.24) is 0 Å². The van der Waals surface area contributed by atoms with Crippen LogP contribution in [0.5, 0.6) is 0 Å². The molecule has 0 aromatic rings. The largest absolute Gasteiger partial charge is 0.366 e. The topological polar surface area (TPSA) is 81.8 Å². The molecule has 2 N–H and O–H groups in total. The first-order valence-corrected chi connectivity index (χ1v) is 6.15. The van der Waals surface area contributed by atoms with Crippen LogP contribution in [0.25, 0.3) is 0 Å². The van der Waals surface area contributed by atoms with E-state index in [9.17, 15) is 12.8 Å². The molecule has 0 aromatic heterocycles. The molecule has 0 spiro atoms. The standard InChI is InChI=1S/C8H11FN2O3S/c9-6-3-11-4-7(15(10,12)13)8(6)14-5-1-2-5/h3-5,7-8H,1-2H2,(H2,10,12,13). The van der Waals surface area contributed by atoms with Crippen molar-refractivity contribution in [2.24, 2.45) is 10.1 Å². The number of ether oxygens (including phenoxy) is 1. The quantitative estimate of drug-likeness (QED) is 0.751. The third-order valence-corrected chi connectivity index (χ3v) is 3.37. The van der Waals surface area contributed by atoms with Gasteiger partial charge in [-0.2, -0.15) is 0 Å². The maximum Gasteiger partial charge on any atom is 0.220 e. The van der Waals surface area contributed by atoms with Crippen molar-refractivity contribution in [3.8, 4) is 0 Å². The molecule has 84 valence electrons. The van der Waals surface area contributed by atoms with Gasteiger partial charge in [0.15, 0.2) is 0 Å². The smallest absolute Gasteiger partial charge is 0.220 e. The van der Waals surface area contributed by atoms with Crippen molar-refractivity contribution < 1.29 is 17.5 Å². The van der Waals surface area contributed by atoms with Crippen LogP contribution in [0.15, 0.2) is 17.0 Å². The van der Waals surface area contributed by atoms with Crippen molar-refractivity contribution in [2.45, 2.75) is 30.3 Å². The third kappa shape index (κ3) is 2.42. The second kappa shape index (κ2) is 3.66. The number of halogens is 1. The Morgan fingerprint density at radius 2 is 2.20 bits per heavy atom. The minimum absolute atomic E-state index is 0.0510. The molecule has 15 heavy (non-hydrogen) atoms. The fourth-order valence-corrected chi connectivity index (χ4v) is 2.10. The van der Waals surface area contributed by atoms with Gasteiger partial charge in [-0.15, -0.1) is 0 Å². The summed E-state index contributed by atoms with van der Waals surface area (Å²) < 4.78 is 40.9. The van der Waals surface area contributed by atoms with E-state index in [1.807, 2.05) is 0 Å². The summed E-state index contributed by atoms with van der Waals surface area (Å²) in [6.45, 7) is 0. The summed E-state index contributed by atoms with van der Waals surface area (Å²) in [4.78, 5) is 3.48. The molecular formula is C8H11FN2O3S.